The van der Waals surface area contributed by atoms with Crippen LogP contribution in [0.5, 0.6) is 0 Å². The molecule has 92 valence electrons. The molecule has 0 amide bonds. The normalized spacial score (nSPS) is 12.9. The fraction of sp³-hybridized carbons (Fsp3) is 0.500. The Hall–Kier alpha value is -1.62. The van der Waals surface area contributed by atoms with Crippen molar-refractivity contribution in [3.05, 3.63) is 35.9 Å². The molecule has 0 saturated carbocycles. The molecule has 0 aliphatic rings. The standard InChI is InChI=1S/C12H19N5/c1-3-4-12(13)10-5-6-17(7-10)9-11-8-16(2)15-14-11/h5-8,12H,3-4,9,13H2,1-2H3. The maximum atomic E-state index is 6.07. The second-order valence-corrected chi connectivity index (χ2v) is 4.40. The van der Waals surface area contributed by atoms with Gasteiger partial charge in [0.1, 0.15) is 5.69 Å². The van der Waals surface area contributed by atoms with Crippen LogP contribution in [0, 0.1) is 0 Å². The van der Waals surface area contributed by atoms with E-state index in [1.165, 1.54) is 5.56 Å². The fourth-order valence-corrected chi connectivity index (χ4v) is 1.91. The van der Waals surface area contributed by atoms with Gasteiger partial charge in [0.05, 0.1) is 6.54 Å². The van der Waals surface area contributed by atoms with Crippen LogP contribution in [-0.2, 0) is 13.6 Å². The lowest BCUT2D eigenvalue weighted by Gasteiger charge is -2.07. The molecule has 0 radical (unpaired) electrons. The predicted octanol–water partition coefficient (Wildman–Crippen LogP) is 1.46. The fourth-order valence-electron chi connectivity index (χ4n) is 1.91. The van der Waals surface area contributed by atoms with Gasteiger partial charge in [0.15, 0.2) is 0 Å². The Morgan fingerprint density at radius 2 is 2.24 bits per heavy atom. The van der Waals surface area contributed by atoms with E-state index in [4.69, 9.17) is 5.73 Å². The minimum Gasteiger partial charge on any atom is -0.348 e. The van der Waals surface area contributed by atoms with E-state index >= 15 is 0 Å². The van der Waals surface area contributed by atoms with E-state index in [-0.39, 0.29) is 6.04 Å². The third-order valence-corrected chi connectivity index (χ3v) is 2.80. The first-order chi connectivity index (χ1) is 8.19. The van der Waals surface area contributed by atoms with Crippen molar-refractivity contribution in [1.29, 1.82) is 0 Å². The molecule has 2 heterocycles. The molecule has 0 aromatic carbocycles. The summed E-state index contributed by atoms with van der Waals surface area (Å²) in [5.41, 5.74) is 8.22. The predicted molar refractivity (Wildman–Crippen MR) is 66.4 cm³/mol. The highest BCUT2D eigenvalue weighted by molar-refractivity contribution is 5.15. The molecule has 0 saturated heterocycles. The average Bonchev–Trinajstić information content (AvgIpc) is 2.89. The van der Waals surface area contributed by atoms with E-state index in [2.05, 4.69) is 34.1 Å². The number of hydrogen-bond donors (Lipinski definition) is 1. The van der Waals surface area contributed by atoms with Crippen LogP contribution in [0.1, 0.15) is 37.1 Å². The number of hydrogen-bond acceptors (Lipinski definition) is 3. The van der Waals surface area contributed by atoms with Gasteiger partial charge in [-0.1, -0.05) is 18.6 Å². The maximum Gasteiger partial charge on any atom is 0.102 e. The van der Waals surface area contributed by atoms with Gasteiger partial charge in [-0.25, -0.2) is 0 Å². The Labute approximate surface area is 101 Å². The second-order valence-electron chi connectivity index (χ2n) is 4.40. The SMILES string of the molecule is CCCC(N)c1ccn(Cc2cn(C)nn2)c1. The number of nitrogens with zero attached hydrogens (tertiary/aromatic N) is 4. The molecule has 5 nitrogen and oxygen atoms in total. The van der Waals surface area contributed by atoms with Crippen molar-refractivity contribution in [2.75, 3.05) is 0 Å². The topological polar surface area (TPSA) is 61.7 Å². The monoisotopic (exact) mass is 233 g/mol. The number of rotatable bonds is 5. The summed E-state index contributed by atoms with van der Waals surface area (Å²) in [7, 11) is 1.87. The van der Waals surface area contributed by atoms with Crippen LogP contribution in [0.25, 0.3) is 0 Å². The zero-order valence-corrected chi connectivity index (χ0v) is 10.4. The van der Waals surface area contributed by atoms with Gasteiger partial charge in [0, 0.05) is 31.7 Å². The Morgan fingerprint density at radius 3 is 2.88 bits per heavy atom. The Bertz CT molecular complexity index is 471. The molecule has 0 aliphatic carbocycles. The number of nitrogens with two attached hydrogens (primary N) is 1. The van der Waals surface area contributed by atoms with Crippen LogP contribution >= 0.6 is 0 Å². The van der Waals surface area contributed by atoms with Crippen LogP contribution in [0.3, 0.4) is 0 Å². The summed E-state index contributed by atoms with van der Waals surface area (Å²) >= 11 is 0. The first-order valence-corrected chi connectivity index (χ1v) is 5.95. The average molecular weight is 233 g/mol. The Kier molecular flexibility index (Phi) is 3.58. The molecule has 2 aromatic heterocycles. The molecule has 0 spiro atoms. The molecule has 17 heavy (non-hydrogen) atoms. The van der Waals surface area contributed by atoms with Crippen molar-refractivity contribution in [2.24, 2.45) is 12.8 Å². The highest BCUT2D eigenvalue weighted by atomic mass is 15.4. The number of aryl methyl sites for hydroxylation is 1. The van der Waals surface area contributed by atoms with Crippen molar-refractivity contribution >= 4 is 0 Å². The zero-order chi connectivity index (χ0) is 12.3. The molecular formula is C12H19N5. The first kappa shape index (κ1) is 11.9. The van der Waals surface area contributed by atoms with Crippen LogP contribution in [0.2, 0.25) is 0 Å². The summed E-state index contributed by atoms with van der Waals surface area (Å²) in [4.78, 5) is 0. The third kappa shape index (κ3) is 2.94. The molecule has 0 aliphatic heterocycles. The molecule has 2 aromatic rings. The lowest BCUT2D eigenvalue weighted by molar-refractivity contribution is 0.635. The highest BCUT2D eigenvalue weighted by Gasteiger charge is 2.07. The van der Waals surface area contributed by atoms with E-state index in [0.29, 0.717) is 0 Å². The second kappa shape index (κ2) is 5.14. The van der Waals surface area contributed by atoms with Gasteiger partial charge < -0.3 is 10.3 Å². The smallest absolute Gasteiger partial charge is 0.102 e. The van der Waals surface area contributed by atoms with Gasteiger partial charge in [-0.15, -0.1) is 5.10 Å². The summed E-state index contributed by atoms with van der Waals surface area (Å²) in [6.07, 6.45) is 8.19. The molecule has 1 atom stereocenters. The minimum atomic E-state index is 0.142. The largest absolute Gasteiger partial charge is 0.348 e. The van der Waals surface area contributed by atoms with Crippen molar-refractivity contribution in [2.45, 2.75) is 32.4 Å². The summed E-state index contributed by atoms with van der Waals surface area (Å²) in [5.74, 6) is 0. The Morgan fingerprint density at radius 1 is 1.41 bits per heavy atom. The van der Waals surface area contributed by atoms with Crippen LogP contribution in [0.15, 0.2) is 24.7 Å². The lowest BCUT2D eigenvalue weighted by Crippen LogP contribution is -2.08. The van der Waals surface area contributed by atoms with E-state index in [1.807, 2.05) is 19.4 Å². The van der Waals surface area contributed by atoms with Gasteiger partial charge >= 0.3 is 0 Å². The first-order valence-electron chi connectivity index (χ1n) is 5.95. The van der Waals surface area contributed by atoms with Crippen molar-refractivity contribution in [3.8, 4) is 0 Å². The van der Waals surface area contributed by atoms with Crippen LogP contribution in [-0.4, -0.2) is 19.6 Å². The van der Waals surface area contributed by atoms with Crippen molar-refractivity contribution < 1.29 is 0 Å². The molecular weight excluding hydrogens is 214 g/mol. The Balaban J connectivity index is 2.03. The van der Waals surface area contributed by atoms with Crippen LogP contribution < -0.4 is 5.73 Å². The molecule has 0 bridgehead atoms. The third-order valence-electron chi connectivity index (χ3n) is 2.80. The zero-order valence-electron chi connectivity index (χ0n) is 10.4. The molecule has 5 heteroatoms. The van der Waals surface area contributed by atoms with Crippen molar-refractivity contribution in [1.82, 2.24) is 19.6 Å². The van der Waals surface area contributed by atoms with E-state index in [9.17, 15) is 0 Å². The van der Waals surface area contributed by atoms with E-state index in [1.54, 1.807) is 4.68 Å². The van der Waals surface area contributed by atoms with Gasteiger partial charge in [-0.3, -0.25) is 4.68 Å². The van der Waals surface area contributed by atoms with Crippen LogP contribution in [0.4, 0.5) is 0 Å². The lowest BCUT2D eigenvalue weighted by atomic mass is 10.1. The summed E-state index contributed by atoms with van der Waals surface area (Å²) in [5, 5.41) is 7.98. The van der Waals surface area contributed by atoms with Gasteiger partial charge in [0.2, 0.25) is 0 Å². The maximum absolute atomic E-state index is 6.07. The quantitative estimate of drug-likeness (QED) is 0.850. The molecule has 0 fully saturated rings. The van der Waals surface area contributed by atoms with Crippen molar-refractivity contribution in [3.63, 3.8) is 0 Å². The molecule has 2 rings (SSSR count). The minimum absolute atomic E-state index is 0.142. The number of aromatic nitrogens is 4. The highest BCUT2D eigenvalue weighted by Crippen LogP contribution is 2.16. The molecule has 2 N–H and O–H groups in total. The summed E-state index contributed by atoms with van der Waals surface area (Å²) in [6, 6.07) is 2.22. The van der Waals surface area contributed by atoms with E-state index in [0.717, 1.165) is 25.1 Å². The summed E-state index contributed by atoms with van der Waals surface area (Å²) in [6.45, 7) is 2.89. The van der Waals surface area contributed by atoms with Gasteiger partial charge in [-0.05, 0) is 18.1 Å². The summed E-state index contributed by atoms with van der Waals surface area (Å²) < 4.78 is 3.80. The van der Waals surface area contributed by atoms with Gasteiger partial charge in [-0.2, -0.15) is 0 Å². The van der Waals surface area contributed by atoms with E-state index < -0.39 is 0 Å². The van der Waals surface area contributed by atoms with Gasteiger partial charge in [0.25, 0.3) is 0 Å². The molecule has 1 unspecified atom stereocenters.